The average Bonchev–Trinajstić information content (AvgIpc) is 2.33. The molecule has 1 aromatic rings. The number of hydrogen-bond acceptors (Lipinski definition) is 3. The van der Waals surface area contributed by atoms with E-state index < -0.39 is 5.97 Å². The third kappa shape index (κ3) is 3.07. The van der Waals surface area contributed by atoms with E-state index in [1.54, 1.807) is 12.1 Å². The number of hydrogen-bond donors (Lipinski definition) is 1. The van der Waals surface area contributed by atoms with Crippen LogP contribution in [0.1, 0.15) is 22.8 Å². The summed E-state index contributed by atoms with van der Waals surface area (Å²) in [5.41, 5.74) is 0.905. The minimum atomic E-state index is -1.00. The number of aromatic carboxylic acids is 1. The van der Waals surface area contributed by atoms with Crippen LogP contribution < -0.4 is 4.74 Å². The van der Waals surface area contributed by atoms with Crippen molar-refractivity contribution in [2.75, 3.05) is 20.3 Å². The SMILES string of the molecule is COc1cc(C#C[C@@H](C)C2COC2)ccc1C(=O)O. The number of carbonyl (C=O) groups is 1. The zero-order valence-electron chi connectivity index (χ0n) is 11.0. The highest BCUT2D eigenvalue weighted by Crippen LogP contribution is 2.21. The van der Waals surface area contributed by atoms with Crippen LogP contribution in [-0.2, 0) is 4.74 Å². The Labute approximate surface area is 112 Å². The van der Waals surface area contributed by atoms with E-state index in [9.17, 15) is 4.79 Å². The van der Waals surface area contributed by atoms with E-state index in [-0.39, 0.29) is 11.5 Å². The first-order chi connectivity index (χ1) is 9.11. The van der Waals surface area contributed by atoms with Crippen molar-refractivity contribution in [2.24, 2.45) is 11.8 Å². The topological polar surface area (TPSA) is 55.8 Å². The Balaban J connectivity index is 2.17. The Bertz CT molecular complexity index is 535. The van der Waals surface area contributed by atoms with Gasteiger partial charge in [-0.1, -0.05) is 18.8 Å². The molecular weight excluding hydrogens is 244 g/mol. The summed E-state index contributed by atoms with van der Waals surface area (Å²) in [6, 6.07) is 4.87. The molecule has 0 spiro atoms. The summed E-state index contributed by atoms with van der Waals surface area (Å²) in [6.07, 6.45) is 0. The molecular formula is C15H16O4. The van der Waals surface area contributed by atoms with Gasteiger partial charge in [-0.05, 0) is 18.2 Å². The molecule has 19 heavy (non-hydrogen) atoms. The number of carboxylic acid groups (broad SMARTS) is 1. The number of ether oxygens (including phenoxy) is 2. The predicted molar refractivity (Wildman–Crippen MR) is 70.3 cm³/mol. The van der Waals surface area contributed by atoms with Crippen LogP contribution in [0.2, 0.25) is 0 Å². The summed E-state index contributed by atoms with van der Waals surface area (Å²) in [4.78, 5) is 11.0. The summed E-state index contributed by atoms with van der Waals surface area (Å²) < 4.78 is 10.2. The first-order valence-corrected chi connectivity index (χ1v) is 6.12. The van der Waals surface area contributed by atoms with Gasteiger partial charge in [-0.3, -0.25) is 0 Å². The maximum atomic E-state index is 11.0. The van der Waals surface area contributed by atoms with Crippen molar-refractivity contribution in [3.63, 3.8) is 0 Å². The average molecular weight is 260 g/mol. The molecule has 1 atom stereocenters. The van der Waals surface area contributed by atoms with Crippen molar-refractivity contribution in [1.82, 2.24) is 0 Å². The zero-order chi connectivity index (χ0) is 13.8. The first-order valence-electron chi connectivity index (χ1n) is 6.12. The quantitative estimate of drug-likeness (QED) is 0.845. The van der Waals surface area contributed by atoms with E-state index in [0.29, 0.717) is 11.7 Å². The minimum absolute atomic E-state index is 0.147. The predicted octanol–water partition coefficient (Wildman–Crippen LogP) is 2.03. The second kappa shape index (κ2) is 5.77. The third-order valence-electron chi connectivity index (χ3n) is 3.25. The monoisotopic (exact) mass is 260 g/mol. The maximum absolute atomic E-state index is 11.0. The lowest BCUT2D eigenvalue weighted by Crippen LogP contribution is -2.32. The summed E-state index contributed by atoms with van der Waals surface area (Å²) in [6.45, 7) is 3.62. The lowest BCUT2D eigenvalue weighted by Gasteiger charge is -2.28. The Hall–Kier alpha value is -1.99. The van der Waals surface area contributed by atoms with Crippen molar-refractivity contribution in [1.29, 1.82) is 0 Å². The Morgan fingerprint density at radius 2 is 2.26 bits per heavy atom. The molecule has 4 heteroatoms. The molecule has 1 aromatic carbocycles. The summed E-state index contributed by atoms with van der Waals surface area (Å²) in [5.74, 6) is 6.34. The lowest BCUT2D eigenvalue weighted by atomic mass is 9.93. The van der Waals surface area contributed by atoms with Gasteiger partial charge in [0, 0.05) is 17.4 Å². The molecule has 0 bridgehead atoms. The normalized spacial score (nSPS) is 15.9. The number of carboxylic acids is 1. The largest absolute Gasteiger partial charge is 0.496 e. The molecule has 100 valence electrons. The van der Waals surface area contributed by atoms with Gasteiger partial charge in [0.15, 0.2) is 0 Å². The summed E-state index contributed by atoms with van der Waals surface area (Å²) >= 11 is 0. The second-order valence-electron chi connectivity index (χ2n) is 4.58. The molecule has 0 saturated carbocycles. The number of rotatable bonds is 3. The summed E-state index contributed by atoms with van der Waals surface area (Å²) in [5, 5.41) is 8.99. The molecule has 2 rings (SSSR count). The zero-order valence-corrected chi connectivity index (χ0v) is 11.0. The molecule has 4 nitrogen and oxygen atoms in total. The third-order valence-corrected chi connectivity index (χ3v) is 3.25. The molecule has 1 saturated heterocycles. The van der Waals surface area contributed by atoms with Gasteiger partial charge in [0.25, 0.3) is 0 Å². The summed E-state index contributed by atoms with van der Waals surface area (Å²) in [7, 11) is 1.45. The highest BCUT2D eigenvalue weighted by atomic mass is 16.5. The van der Waals surface area contributed by atoms with Crippen molar-refractivity contribution >= 4 is 5.97 Å². The standard InChI is InChI=1S/C15H16O4/c1-10(12-8-19-9-12)3-4-11-5-6-13(15(16)17)14(7-11)18-2/h5-7,10,12H,8-9H2,1-2H3,(H,16,17)/t10-/m1/s1. The number of benzene rings is 1. The van der Waals surface area contributed by atoms with Gasteiger partial charge in [-0.2, -0.15) is 0 Å². The molecule has 1 aliphatic rings. The van der Waals surface area contributed by atoms with Gasteiger partial charge in [0.05, 0.1) is 20.3 Å². The van der Waals surface area contributed by atoms with E-state index in [2.05, 4.69) is 18.8 Å². The van der Waals surface area contributed by atoms with E-state index in [1.165, 1.54) is 13.2 Å². The van der Waals surface area contributed by atoms with Crippen LogP contribution in [-0.4, -0.2) is 31.4 Å². The lowest BCUT2D eigenvalue weighted by molar-refractivity contribution is -0.0465. The van der Waals surface area contributed by atoms with Crippen molar-refractivity contribution in [3.05, 3.63) is 29.3 Å². The molecule has 1 aliphatic heterocycles. The molecule has 0 unspecified atom stereocenters. The molecule has 1 heterocycles. The molecule has 0 radical (unpaired) electrons. The van der Waals surface area contributed by atoms with Gasteiger partial charge in [-0.15, -0.1) is 0 Å². The molecule has 0 amide bonds. The van der Waals surface area contributed by atoms with Crippen LogP contribution in [0.15, 0.2) is 18.2 Å². The van der Waals surface area contributed by atoms with Gasteiger partial charge in [0.2, 0.25) is 0 Å². The Morgan fingerprint density at radius 1 is 1.53 bits per heavy atom. The van der Waals surface area contributed by atoms with E-state index >= 15 is 0 Å². The molecule has 0 aliphatic carbocycles. The van der Waals surface area contributed by atoms with Gasteiger partial charge in [0.1, 0.15) is 11.3 Å². The van der Waals surface area contributed by atoms with E-state index in [4.69, 9.17) is 14.6 Å². The molecule has 1 N–H and O–H groups in total. The van der Waals surface area contributed by atoms with Crippen LogP contribution in [0.25, 0.3) is 0 Å². The van der Waals surface area contributed by atoms with Crippen LogP contribution in [0, 0.1) is 23.7 Å². The van der Waals surface area contributed by atoms with Crippen molar-refractivity contribution in [3.8, 4) is 17.6 Å². The molecule has 0 aromatic heterocycles. The highest BCUT2D eigenvalue weighted by Gasteiger charge is 2.23. The van der Waals surface area contributed by atoms with Crippen molar-refractivity contribution < 1.29 is 19.4 Å². The van der Waals surface area contributed by atoms with Gasteiger partial charge >= 0.3 is 5.97 Å². The smallest absolute Gasteiger partial charge is 0.339 e. The van der Waals surface area contributed by atoms with Gasteiger partial charge in [-0.25, -0.2) is 4.79 Å². The van der Waals surface area contributed by atoms with Crippen LogP contribution in [0.3, 0.4) is 0 Å². The first kappa shape index (κ1) is 13.4. The van der Waals surface area contributed by atoms with E-state index in [1.807, 2.05) is 0 Å². The molecule has 1 fully saturated rings. The Morgan fingerprint density at radius 3 is 2.79 bits per heavy atom. The van der Waals surface area contributed by atoms with Crippen LogP contribution in [0.5, 0.6) is 5.75 Å². The fourth-order valence-electron chi connectivity index (χ4n) is 1.80. The Kier molecular flexibility index (Phi) is 4.08. The fourth-order valence-corrected chi connectivity index (χ4v) is 1.80. The maximum Gasteiger partial charge on any atom is 0.339 e. The van der Waals surface area contributed by atoms with Crippen LogP contribution in [0.4, 0.5) is 0 Å². The van der Waals surface area contributed by atoms with E-state index in [0.717, 1.165) is 18.8 Å². The van der Waals surface area contributed by atoms with Crippen LogP contribution >= 0.6 is 0 Å². The minimum Gasteiger partial charge on any atom is -0.496 e. The fraction of sp³-hybridized carbons (Fsp3) is 0.400. The number of methoxy groups -OCH3 is 1. The van der Waals surface area contributed by atoms with Gasteiger partial charge < -0.3 is 14.6 Å². The van der Waals surface area contributed by atoms with Crippen molar-refractivity contribution in [2.45, 2.75) is 6.92 Å². The highest BCUT2D eigenvalue weighted by molar-refractivity contribution is 5.91. The second-order valence-corrected chi connectivity index (χ2v) is 4.58.